The average molecular weight is 559 g/mol. The molecule has 0 spiro atoms. The molecule has 1 aliphatic carbocycles. The number of hydrogen-bond donors (Lipinski definition) is 1. The van der Waals surface area contributed by atoms with E-state index in [4.69, 9.17) is 23.2 Å². The molecule has 3 rings (SSSR count). The maximum absolute atomic E-state index is 13.5. The summed E-state index contributed by atoms with van der Waals surface area (Å²) in [5.74, 6) is -1.45. The third kappa shape index (κ3) is 7.57. The molecule has 0 saturated heterocycles. The highest BCUT2D eigenvalue weighted by Crippen LogP contribution is 2.25. The lowest BCUT2D eigenvalue weighted by molar-refractivity contribution is -0.139. The van der Waals surface area contributed by atoms with Crippen molar-refractivity contribution in [3.63, 3.8) is 0 Å². The maximum Gasteiger partial charge on any atom is 0.244 e. The lowest BCUT2D eigenvalue weighted by atomic mass is 9.95. The van der Waals surface area contributed by atoms with Crippen molar-refractivity contribution < 1.29 is 22.4 Å². The van der Waals surface area contributed by atoms with E-state index in [1.165, 1.54) is 17.0 Å². The SMILES string of the molecule is CC(C(=O)NC1CCCCC1)N(Cc1ccc(Cl)c(Cl)c1)C(=O)CN(c1ccc(F)cc1)S(C)(=O)=O. The molecule has 7 nitrogen and oxygen atoms in total. The number of hydrogen-bond acceptors (Lipinski definition) is 4. The zero-order chi connectivity index (χ0) is 26.5. The lowest BCUT2D eigenvalue weighted by Gasteiger charge is -2.33. The fraction of sp³-hybridized carbons (Fsp3) is 0.440. The van der Waals surface area contributed by atoms with E-state index in [0.29, 0.717) is 15.6 Å². The van der Waals surface area contributed by atoms with Gasteiger partial charge in [0.1, 0.15) is 18.4 Å². The Kier molecular flexibility index (Phi) is 9.60. The van der Waals surface area contributed by atoms with Crippen LogP contribution in [0.2, 0.25) is 10.0 Å². The van der Waals surface area contributed by atoms with E-state index in [1.54, 1.807) is 25.1 Å². The molecule has 1 saturated carbocycles. The van der Waals surface area contributed by atoms with Crippen molar-refractivity contribution in [1.82, 2.24) is 10.2 Å². The van der Waals surface area contributed by atoms with Gasteiger partial charge in [0.25, 0.3) is 0 Å². The summed E-state index contributed by atoms with van der Waals surface area (Å²) in [4.78, 5) is 28.0. The van der Waals surface area contributed by atoms with E-state index in [9.17, 15) is 22.4 Å². The Hall–Kier alpha value is -2.36. The molecule has 0 bridgehead atoms. The Morgan fingerprint density at radius 3 is 2.28 bits per heavy atom. The highest BCUT2D eigenvalue weighted by Gasteiger charge is 2.31. The second-order valence-corrected chi connectivity index (χ2v) is 11.8. The van der Waals surface area contributed by atoms with Gasteiger partial charge in [0, 0.05) is 12.6 Å². The van der Waals surface area contributed by atoms with Crippen LogP contribution in [0.5, 0.6) is 0 Å². The van der Waals surface area contributed by atoms with Crippen LogP contribution >= 0.6 is 23.2 Å². The minimum atomic E-state index is -3.89. The zero-order valence-electron chi connectivity index (χ0n) is 20.2. The zero-order valence-corrected chi connectivity index (χ0v) is 22.5. The topological polar surface area (TPSA) is 86.8 Å². The van der Waals surface area contributed by atoms with E-state index in [0.717, 1.165) is 54.8 Å². The molecule has 0 radical (unpaired) electrons. The van der Waals surface area contributed by atoms with E-state index < -0.39 is 34.3 Å². The summed E-state index contributed by atoms with van der Waals surface area (Å²) in [6.45, 7) is 1.05. The molecule has 2 aromatic rings. The van der Waals surface area contributed by atoms with Crippen LogP contribution in [-0.2, 0) is 26.2 Å². The number of halogens is 3. The Labute approximate surface area is 221 Å². The Balaban J connectivity index is 1.88. The van der Waals surface area contributed by atoms with Crippen LogP contribution in [-0.4, -0.2) is 50.0 Å². The summed E-state index contributed by atoms with van der Waals surface area (Å²) < 4.78 is 39.4. The molecular weight excluding hydrogens is 528 g/mol. The van der Waals surface area contributed by atoms with Gasteiger partial charge in [-0.1, -0.05) is 48.5 Å². The molecule has 0 heterocycles. The smallest absolute Gasteiger partial charge is 0.244 e. The van der Waals surface area contributed by atoms with Crippen molar-refractivity contribution in [2.45, 2.75) is 57.7 Å². The molecule has 1 atom stereocenters. The van der Waals surface area contributed by atoms with Gasteiger partial charge >= 0.3 is 0 Å². The summed E-state index contributed by atoms with van der Waals surface area (Å²) in [6.07, 6.45) is 5.93. The van der Waals surface area contributed by atoms with Gasteiger partial charge in [0.2, 0.25) is 21.8 Å². The summed E-state index contributed by atoms with van der Waals surface area (Å²) in [6, 6.07) is 8.84. The third-order valence-electron chi connectivity index (χ3n) is 6.25. The largest absolute Gasteiger partial charge is 0.352 e. The number of anilines is 1. The second kappa shape index (κ2) is 12.3. The standard InChI is InChI=1S/C25H30Cl2FN3O4S/c1-17(25(33)29-20-6-4-3-5-7-20)30(15-18-8-13-22(26)23(27)14-18)24(32)16-31(36(2,34)35)21-11-9-19(28)10-12-21/h8-14,17,20H,3-7,15-16H2,1-2H3,(H,29,33). The molecular formula is C25H30Cl2FN3O4S. The van der Waals surface area contributed by atoms with Gasteiger partial charge in [-0.05, 0) is 61.7 Å². The molecule has 0 aromatic heterocycles. The molecule has 11 heteroatoms. The predicted octanol–water partition coefficient (Wildman–Crippen LogP) is 4.76. The third-order valence-corrected chi connectivity index (χ3v) is 8.13. The first-order valence-electron chi connectivity index (χ1n) is 11.7. The fourth-order valence-electron chi connectivity index (χ4n) is 4.21. The normalized spacial score (nSPS) is 15.2. The van der Waals surface area contributed by atoms with E-state index in [-0.39, 0.29) is 24.2 Å². The van der Waals surface area contributed by atoms with Crippen molar-refractivity contribution in [3.05, 3.63) is 63.9 Å². The van der Waals surface area contributed by atoms with Crippen molar-refractivity contribution >= 4 is 50.7 Å². The number of rotatable bonds is 9. The number of carbonyl (C=O) groups excluding carboxylic acids is 2. The van der Waals surface area contributed by atoms with E-state index >= 15 is 0 Å². The van der Waals surface area contributed by atoms with Crippen molar-refractivity contribution in [2.75, 3.05) is 17.1 Å². The summed E-state index contributed by atoms with van der Waals surface area (Å²) >= 11 is 12.2. The molecule has 196 valence electrons. The summed E-state index contributed by atoms with van der Waals surface area (Å²) in [5, 5.41) is 3.67. The van der Waals surface area contributed by atoms with Crippen LogP contribution in [0.4, 0.5) is 10.1 Å². The van der Waals surface area contributed by atoms with Gasteiger partial charge in [0.15, 0.2) is 0 Å². The summed E-state index contributed by atoms with van der Waals surface area (Å²) in [7, 11) is -3.89. The van der Waals surface area contributed by atoms with Crippen LogP contribution in [0.1, 0.15) is 44.6 Å². The lowest BCUT2D eigenvalue weighted by Crippen LogP contribution is -2.52. The van der Waals surface area contributed by atoms with Crippen LogP contribution < -0.4 is 9.62 Å². The highest BCUT2D eigenvalue weighted by molar-refractivity contribution is 7.92. The van der Waals surface area contributed by atoms with Crippen molar-refractivity contribution in [3.8, 4) is 0 Å². The summed E-state index contributed by atoms with van der Waals surface area (Å²) in [5.41, 5.74) is 0.767. The Morgan fingerprint density at radius 1 is 1.06 bits per heavy atom. The van der Waals surface area contributed by atoms with Crippen LogP contribution in [0.25, 0.3) is 0 Å². The number of sulfonamides is 1. The molecule has 1 aliphatic rings. The highest BCUT2D eigenvalue weighted by atomic mass is 35.5. The van der Waals surface area contributed by atoms with Gasteiger partial charge in [-0.3, -0.25) is 13.9 Å². The van der Waals surface area contributed by atoms with Crippen LogP contribution in [0.3, 0.4) is 0 Å². The fourth-order valence-corrected chi connectivity index (χ4v) is 5.38. The molecule has 1 unspecified atom stereocenters. The van der Waals surface area contributed by atoms with Crippen molar-refractivity contribution in [2.24, 2.45) is 0 Å². The number of benzene rings is 2. The van der Waals surface area contributed by atoms with E-state index in [1.807, 2.05) is 0 Å². The minimum absolute atomic E-state index is 0.00992. The molecule has 0 aliphatic heterocycles. The number of nitrogens with one attached hydrogen (secondary N) is 1. The monoisotopic (exact) mass is 557 g/mol. The number of nitrogens with zero attached hydrogens (tertiary/aromatic N) is 2. The van der Waals surface area contributed by atoms with Crippen molar-refractivity contribution in [1.29, 1.82) is 0 Å². The second-order valence-electron chi connectivity index (χ2n) is 9.04. The van der Waals surface area contributed by atoms with Gasteiger partial charge in [0.05, 0.1) is 22.0 Å². The molecule has 1 fully saturated rings. The van der Waals surface area contributed by atoms with E-state index in [2.05, 4.69) is 5.32 Å². The predicted molar refractivity (Wildman–Crippen MR) is 140 cm³/mol. The molecule has 2 amide bonds. The number of carbonyl (C=O) groups is 2. The first-order valence-corrected chi connectivity index (χ1v) is 14.3. The Morgan fingerprint density at radius 2 is 1.69 bits per heavy atom. The first-order chi connectivity index (χ1) is 17.0. The van der Waals surface area contributed by atoms with Crippen LogP contribution in [0.15, 0.2) is 42.5 Å². The van der Waals surface area contributed by atoms with Gasteiger partial charge in [-0.2, -0.15) is 0 Å². The minimum Gasteiger partial charge on any atom is -0.352 e. The van der Waals surface area contributed by atoms with Gasteiger partial charge in [-0.15, -0.1) is 0 Å². The Bertz CT molecular complexity index is 1190. The van der Waals surface area contributed by atoms with Gasteiger partial charge < -0.3 is 10.2 Å². The maximum atomic E-state index is 13.5. The average Bonchev–Trinajstić information content (AvgIpc) is 2.83. The molecule has 2 aromatic carbocycles. The number of amides is 2. The molecule has 36 heavy (non-hydrogen) atoms. The quantitative estimate of drug-likeness (QED) is 0.481. The first kappa shape index (κ1) is 28.2. The van der Waals surface area contributed by atoms with Gasteiger partial charge in [-0.25, -0.2) is 12.8 Å². The molecule has 1 N–H and O–H groups in total. The van der Waals surface area contributed by atoms with Crippen LogP contribution in [0, 0.1) is 5.82 Å².